The summed E-state index contributed by atoms with van der Waals surface area (Å²) in [6.45, 7) is 2.39. The second-order valence-corrected chi connectivity index (χ2v) is 4.47. The number of nitrogens with zero attached hydrogens (tertiary/aromatic N) is 4. The fraction of sp³-hybridized carbons (Fsp3) is 0.273. The lowest BCUT2D eigenvalue weighted by Crippen LogP contribution is -2.18. The molecule has 2 rings (SSSR count). The molecule has 2 amide bonds. The van der Waals surface area contributed by atoms with Gasteiger partial charge in [0, 0.05) is 26.0 Å². The molecule has 0 unspecified atom stereocenters. The van der Waals surface area contributed by atoms with Crippen LogP contribution >= 0.6 is 11.6 Å². The second-order valence-electron chi connectivity index (χ2n) is 4.06. The lowest BCUT2D eigenvalue weighted by atomic mass is 10.3. The first-order chi connectivity index (χ1) is 9.42. The first-order valence-electron chi connectivity index (χ1n) is 5.80. The van der Waals surface area contributed by atoms with Crippen molar-refractivity contribution in [2.24, 2.45) is 12.8 Å². The Labute approximate surface area is 119 Å². The van der Waals surface area contributed by atoms with E-state index < -0.39 is 11.8 Å². The molecule has 3 N–H and O–H groups in total. The quantitative estimate of drug-likeness (QED) is 0.863. The number of carbonyl (C=O) groups is 2. The Morgan fingerprint density at radius 1 is 1.35 bits per heavy atom. The van der Waals surface area contributed by atoms with Crippen LogP contribution in [0, 0.1) is 0 Å². The molecule has 0 aliphatic heterocycles. The van der Waals surface area contributed by atoms with Crippen LogP contribution in [-0.4, -0.2) is 31.4 Å². The van der Waals surface area contributed by atoms with Gasteiger partial charge < -0.3 is 11.1 Å². The second kappa shape index (κ2) is 5.33. The molecule has 20 heavy (non-hydrogen) atoms. The smallest absolute Gasteiger partial charge is 0.277 e. The van der Waals surface area contributed by atoms with Gasteiger partial charge in [-0.2, -0.15) is 10.2 Å². The van der Waals surface area contributed by atoms with E-state index in [2.05, 4.69) is 15.5 Å². The van der Waals surface area contributed by atoms with Crippen molar-refractivity contribution in [1.29, 1.82) is 0 Å². The number of hydrogen-bond acceptors (Lipinski definition) is 4. The Hall–Kier alpha value is -2.35. The Morgan fingerprint density at radius 2 is 2.05 bits per heavy atom. The molecular weight excluding hydrogens is 284 g/mol. The van der Waals surface area contributed by atoms with Gasteiger partial charge >= 0.3 is 0 Å². The minimum Gasteiger partial charge on any atom is -0.364 e. The van der Waals surface area contributed by atoms with Gasteiger partial charge in [-0.05, 0) is 6.92 Å². The first kappa shape index (κ1) is 14.1. The fourth-order valence-corrected chi connectivity index (χ4v) is 1.92. The molecule has 0 fully saturated rings. The number of halogens is 1. The highest BCUT2D eigenvalue weighted by atomic mass is 35.5. The van der Waals surface area contributed by atoms with Gasteiger partial charge in [0.25, 0.3) is 11.8 Å². The van der Waals surface area contributed by atoms with Gasteiger partial charge in [-0.15, -0.1) is 0 Å². The third-order valence-electron chi connectivity index (χ3n) is 2.57. The van der Waals surface area contributed by atoms with Gasteiger partial charge in [0.05, 0.1) is 10.7 Å². The van der Waals surface area contributed by atoms with E-state index in [0.29, 0.717) is 6.54 Å². The summed E-state index contributed by atoms with van der Waals surface area (Å²) in [4.78, 5) is 23.3. The van der Waals surface area contributed by atoms with Crippen LogP contribution in [-0.2, 0) is 13.6 Å². The van der Waals surface area contributed by atoms with Crippen LogP contribution in [0.2, 0.25) is 5.02 Å². The highest BCUT2D eigenvalue weighted by Gasteiger charge is 2.20. The van der Waals surface area contributed by atoms with Crippen molar-refractivity contribution in [2.45, 2.75) is 13.5 Å². The normalized spacial score (nSPS) is 10.6. The molecule has 106 valence electrons. The van der Waals surface area contributed by atoms with Crippen molar-refractivity contribution in [3.05, 3.63) is 28.8 Å². The predicted octanol–water partition coefficient (Wildman–Crippen LogP) is 0.641. The molecule has 2 heterocycles. The van der Waals surface area contributed by atoms with Crippen LogP contribution in [0.25, 0.3) is 0 Å². The molecule has 0 aliphatic carbocycles. The molecule has 0 saturated heterocycles. The van der Waals surface area contributed by atoms with Crippen LogP contribution in [0.1, 0.15) is 27.9 Å². The minimum absolute atomic E-state index is 0.00717. The topological polar surface area (TPSA) is 108 Å². The summed E-state index contributed by atoms with van der Waals surface area (Å²) in [6, 6.07) is 0. The van der Waals surface area contributed by atoms with Crippen molar-refractivity contribution in [2.75, 3.05) is 5.32 Å². The summed E-state index contributed by atoms with van der Waals surface area (Å²) < 4.78 is 2.91. The summed E-state index contributed by atoms with van der Waals surface area (Å²) in [6.07, 6.45) is 3.02. The van der Waals surface area contributed by atoms with E-state index in [1.807, 2.05) is 6.92 Å². The number of hydrogen-bond donors (Lipinski definition) is 2. The lowest BCUT2D eigenvalue weighted by molar-refractivity contribution is 0.0995. The highest BCUT2D eigenvalue weighted by molar-refractivity contribution is 6.34. The maximum absolute atomic E-state index is 12.1. The van der Waals surface area contributed by atoms with E-state index in [4.69, 9.17) is 17.3 Å². The summed E-state index contributed by atoms with van der Waals surface area (Å²) in [5, 5.41) is 10.7. The molecular formula is C11H13ClN6O2. The van der Waals surface area contributed by atoms with Crippen LogP contribution in [0.4, 0.5) is 5.69 Å². The van der Waals surface area contributed by atoms with Gasteiger partial charge in [0.15, 0.2) is 11.4 Å². The van der Waals surface area contributed by atoms with Crippen molar-refractivity contribution < 1.29 is 9.59 Å². The van der Waals surface area contributed by atoms with E-state index in [-0.39, 0.29) is 22.1 Å². The maximum atomic E-state index is 12.1. The van der Waals surface area contributed by atoms with Gasteiger partial charge in [-0.1, -0.05) is 11.6 Å². The lowest BCUT2D eigenvalue weighted by Gasteiger charge is -2.01. The van der Waals surface area contributed by atoms with Gasteiger partial charge in [-0.3, -0.25) is 19.0 Å². The average Bonchev–Trinajstić information content (AvgIpc) is 2.92. The van der Waals surface area contributed by atoms with Crippen molar-refractivity contribution in [3.63, 3.8) is 0 Å². The number of aryl methyl sites for hydroxylation is 2. The molecule has 0 aliphatic rings. The van der Waals surface area contributed by atoms with Crippen LogP contribution in [0.15, 0.2) is 12.4 Å². The Kier molecular flexibility index (Phi) is 3.75. The molecule has 2 aromatic rings. The number of primary amides is 1. The van der Waals surface area contributed by atoms with Crippen LogP contribution < -0.4 is 11.1 Å². The van der Waals surface area contributed by atoms with Crippen molar-refractivity contribution >= 4 is 29.1 Å². The minimum atomic E-state index is -0.723. The van der Waals surface area contributed by atoms with Crippen molar-refractivity contribution in [1.82, 2.24) is 19.6 Å². The molecule has 8 nitrogen and oxygen atoms in total. The first-order valence-corrected chi connectivity index (χ1v) is 6.18. The Balaban J connectivity index is 2.30. The number of rotatable bonds is 4. The number of nitrogens with one attached hydrogen (secondary N) is 1. The summed E-state index contributed by atoms with van der Waals surface area (Å²) in [5.41, 5.74) is 5.50. The van der Waals surface area contributed by atoms with E-state index >= 15 is 0 Å². The summed E-state index contributed by atoms with van der Waals surface area (Å²) >= 11 is 5.88. The molecule has 0 saturated carbocycles. The number of amides is 2. The zero-order valence-electron chi connectivity index (χ0n) is 10.9. The number of anilines is 1. The third-order valence-corrected chi connectivity index (χ3v) is 2.84. The Morgan fingerprint density at radius 3 is 2.55 bits per heavy atom. The molecule has 0 radical (unpaired) electrons. The maximum Gasteiger partial charge on any atom is 0.277 e. The molecule has 2 aromatic heterocycles. The molecule has 0 atom stereocenters. The Bertz CT molecular complexity index is 675. The largest absolute Gasteiger partial charge is 0.364 e. The van der Waals surface area contributed by atoms with Crippen LogP contribution in [0.3, 0.4) is 0 Å². The van der Waals surface area contributed by atoms with Gasteiger partial charge in [-0.25, -0.2) is 0 Å². The van der Waals surface area contributed by atoms with Gasteiger partial charge in [0.1, 0.15) is 0 Å². The van der Waals surface area contributed by atoms with E-state index in [0.717, 1.165) is 0 Å². The van der Waals surface area contributed by atoms with E-state index in [1.165, 1.54) is 21.8 Å². The highest BCUT2D eigenvalue weighted by Crippen LogP contribution is 2.18. The molecule has 0 spiro atoms. The fourth-order valence-electron chi connectivity index (χ4n) is 1.65. The zero-order chi connectivity index (χ0) is 14.9. The molecule has 0 aromatic carbocycles. The molecule has 0 bridgehead atoms. The number of carbonyl (C=O) groups excluding carboxylic acids is 2. The summed E-state index contributed by atoms with van der Waals surface area (Å²) in [5.74, 6) is -1.26. The third kappa shape index (κ3) is 2.64. The number of nitrogens with two attached hydrogens (primary N) is 1. The monoisotopic (exact) mass is 296 g/mol. The predicted molar refractivity (Wildman–Crippen MR) is 72.6 cm³/mol. The van der Waals surface area contributed by atoms with Gasteiger partial charge in [0.2, 0.25) is 0 Å². The van der Waals surface area contributed by atoms with E-state index in [1.54, 1.807) is 7.05 Å². The number of aromatic nitrogens is 4. The average molecular weight is 297 g/mol. The zero-order valence-corrected chi connectivity index (χ0v) is 11.7. The van der Waals surface area contributed by atoms with Crippen LogP contribution in [0.5, 0.6) is 0 Å². The standard InChI is InChI=1S/C11H13ClN6O2/c1-3-18-5-7(9(16-18)10(13)19)14-11(20)8-6(12)4-17(2)15-8/h4-5H,3H2,1-2H3,(H2,13,19)(H,14,20). The van der Waals surface area contributed by atoms with E-state index in [9.17, 15) is 9.59 Å². The summed E-state index contributed by atoms with van der Waals surface area (Å²) in [7, 11) is 1.65. The SMILES string of the molecule is CCn1cc(NC(=O)c2nn(C)cc2Cl)c(C(N)=O)n1. The van der Waals surface area contributed by atoms with Crippen molar-refractivity contribution in [3.8, 4) is 0 Å². The molecule has 9 heteroatoms.